The number of esters is 2. The largest absolute Gasteiger partial charge is 0.464 e. The molecule has 0 spiro atoms. The molecule has 2 aromatic rings. The molecule has 0 bridgehead atoms. The van der Waals surface area contributed by atoms with Gasteiger partial charge in [-0.2, -0.15) is 0 Å². The fourth-order valence-electron chi connectivity index (χ4n) is 2.00. The highest BCUT2D eigenvalue weighted by Crippen LogP contribution is 2.22. The fraction of sp³-hybridized carbons (Fsp3) is 0.267. The summed E-state index contributed by atoms with van der Waals surface area (Å²) in [6.45, 7) is 1.49. The minimum Gasteiger partial charge on any atom is -0.464 e. The minimum absolute atomic E-state index is 0.278. The Morgan fingerprint density at radius 3 is 2.48 bits per heavy atom. The van der Waals surface area contributed by atoms with Crippen LogP contribution in [0.2, 0.25) is 5.02 Å². The summed E-state index contributed by atoms with van der Waals surface area (Å²) >= 11 is 6.06. The molecule has 1 aromatic heterocycles. The van der Waals surface area contributed by atoms with Gasteiger partial charge in [-0.1, -0.05) is 22.9 Å². The normalized spacial score (nSPS) is 10.2. The molecule has 0 aliphatic heterocycles. The Kier molecular flexibility index (Phi) is 5.71. The van der Waals surface area contributed by atoms with Crippen molar-refractivity contribution < 1.29 is 23.9 Å². The molecule has 132 valence electrons. The molecular formula is C15H15ClN4O5. The lowest BCUT2D eigenvalue weighted by Crippen LogP contribution is -2.24. The standard InChI is InChI=1S/C15H15ClN4O5/c1-8-4-5-10(9(16)6-8)17-11(21)7-20-13(15(23)25-3)12(18-19-20)14(22)24-2/h4-6H,7H2,1-3H3,(H,17,21). The molecule has 10 heteroatoms. The average molecular weight is 367 g/mol. The zero-order valence-corrected chi connectivity index (χ0v) is 14.5. The number of carbonyl (C=O) groups excluding carboxylic acids is 3. The summed E-state index contributed by atoms with van der Waals surface area (Å²) in [6.07, 6.45) is 0. The Labute approximate surface area is 147 Å². The van der Waals surface area contributed by atoms with Gasteiger partial charge in [0.05, 0.1) is 24.9 Å². The van der Waals surface area contributed by atoms with Gasteiger partial charge in [-0.3, -0.25) is 4.79 Å². The van der Waals surface area contributed by atoms with E-state index in [2.05, 4.69) is 25.1 Å². The van der Waals surface area contributed by atoms with Crippen molar-refractivity contribution in [2.75, 3.05) is 19.5 Å². The maximum absolute atomic E-state index is 12.2. The van der Waals surface area contributed by atoms with E-state index in [0.717, 1.165) is 24.5 Å². The zero-order chi connectivity index (χ0) is 18.6. The predicted molar refractivity (Wildman–Crippen MR) is 87.5 cm³/mol. The number of hydrogen-bond acceptors (Lipinski definition) is 7. The number of hydrogen-bond donors (Lipinski definition) is 1. The predicted octanol–water partition coefficient (Wildman–Crippen LogP) is 1.45. The Bertz CT molecular complexity index is 833. The number of nitrogens with one attached hydrogen (secondary N) is 1. The molecule has 1 amide bonds. The van der Waals surface area contributed by atoms with Crippen LogP contribution >= 0.6 is 11.6 Å². The second-order valence-electron chi connectivity index (χ2n) is 4.96. The maximum Gasteiger partial charge on any atom is 0.361 e. The number of aryl methyl sites for hydroxylation is 1. The second kappa shape index (κ2) is 7.75. The molecule has 0 unspecified atom stereocenters. The smallest absolute Gasteiger partial charge is 0.361 e. The zero-order valence-electron chi connectivity index (χ0n) is 13.7. The maximum atomic E-state index is 12.2. The molecule has 1 aromatic carbocycles. The van der Waals surface area contributed by atoms with Crippen molar-refractivity contribution in [1.82, 2.24) is 15.0 Å². The Hall–Kier alpha value is -2.94. The second-order valence-corrected chi connectivity index (χ2v) is 5.37. The third kappa shape index (κ3) is 4.13. The van der Waals surface area contributed by atoms with Crippen LogP contribution in [0.3, 0.4) is 0 Å². The summed E-state index contributed by atoms with van der Waals surface area (Å²) < 4.78 is 10.1. The van der Waals surface area contributed by atoms with E-state index < -0.39 is 17.8 Å². The van der Waals surface area contributed by atoms with E-state index in [0.29, 0.717) is 10.7 Å². The van der Waals surface area contributed by atoms with Crippen molar-refractivity contribution in [3.8, 4) is 0 Å². The molecule has 0 aliphatic carbocycles. The van der Waals surface area contributed by atoms with Crippen molar-refractivity contribution in [2.45, 2.75) is 13.5 Å². The van der Waals surface area contributed by atoms with E-state index in [1.165, 1.54) is 0 Å². The van der Waals surface area contributed by atoms with Gasteiger partial charge in [0.15, 0.2) is 5.69 Å². The van der Waals surface area contributed by atoms with Crippen LogP contribution in [0, 0.1) is 6.92 Å². The monoisotopic (exact) mass is 366 g/mol. The number of methoxy groups -OCH3 is 2. The third-order valence-electron chi connectivity index (χ3n) is 3.18. The molecule has 0 radical (unpaired) electrons. The lowest BCUT2D eigenvalue weighted by molar-refractivity contribution is -0.116. The quantitative estimate of drug-likeness (QED) is 0.797. The summed E-state index contributed by atoms with van der Waals surface area (Å²) in [5.74, 6) is -2.25. The van der Waals surface area contributed by atoms with Crippen LogP contribution < -0.4 is 5.32 Å². The summed E-state index contributed by atoms with van der Waals surface area (Å²) in [5.41, 5.74) is 0.732. The Balaban J connectivity index is 2.24. The Morgan fingerprint density at radius 1 is 1.20 bits per heavy atom. The van der Waals surface area contributed by atoms with Crippen LogP contribution in [-0.2, 0) is 20.8 Å². The summed E-state index contributed by atoms with van der Waals surface area (Å²) in [7, 11) is 2.27. The minimum atomic E-state index is -0.869. The first kappa shape index (κ1) is 18.4. The van der Waals surface area contributed by atoms with E-state index in [-0.39, 0.29) is 17.9 Å². The van der Waals surface area contributed by atoms with Crippen LogP contribution in [-0.4, -0.2) is 47.1 Å². The number of nitrogens with zero attached hydrogens (tertiary/aromatic N) is 3. The molecule has 0 atom stereocenters. The summed E-state index contributed by atoms with van der Waals surface area (Å²) in [6, 6.07) is 5.13. The molecule has 9 nitrogen and oxygen atoms in total. The van der Waals surface area contributed by atoms with Crippen LogP contribution in [0.5, 0.6) is 0 Å². The van der Waals surface area contributed by atoms with Crippen molar-refractivity contribution in [3.63, 3.8) is 0 Å². The van der Waals surface area contributed by atoms with E-state index in [1.807, 2.05) is 6.92 Å². The number of ether oxygens (including phenoxy) is 2. The van der Waals surface area contributed by atoms with Gasteiger partial charge in [0.2, 0.25) is 11.6 Å². The fourth-order valence-corrected chi connectivity index (χ4v) is 2.29. The van der Waals surface area contributed by atoms with E-state index in [9.17, 15) is 14.4 Å². The molecule has 25 heavy (non-hydrogen) atoms. The van der Waals surface area contributed by atoms with Crippen LogP contribution in [0.4, 0.5) is 5.69 Å². The van der Waals surface area contributed by atoms with E-state index in [4.69, 9.17) is 11.6 Å². The van der Waals surface area contributed by atoms with Gasteiger partial charge in [-0.05, 0) is 24.6 Å². The lowest BCUT2D eigenvalue weighted by Gasteiger charge is -2.09. The number of aromatic nitrogens is 3. The van der Waals surface area contributed by atoms with Crippen LogP contribution in [0.15, 0.2) is 18.2 Å². The van der Waals surface area contributed by atoms with Gasteiger partial charge in [-0.25, -0.2) is 14.3 Å². The highest BCUT2D eigenvalue weighted by atomic mass is 35.5. The molecule has 0 aliphatic rings. The molecule has 1 N–H and O–H groups in total. The average Bonchev–Trinajstić information content (AvgIpc) is 2.99. The number of rotatable bonds is 5. The summed E-state index contributed by atoms with van der Waals surface area (Å²) in [5, 5.41) is 10.2. The molecule has 1 heterocycles. The lowest BCUT2D eigenvalue weighted by atomic mass is 10.2. The summed E-state index contributed by atoms with van der Waals surface area (Å²) in [4.78, 5) is 35.7. The highest BCUT2D eigenvalue weighted by Gasteiger charge is 2.27. The first-order valence-electron chi connectivity index (χ1n) is 7.03. The third-order valence-corrected chi connectivity index (χ3v) is 3.50. The van der Waals surface area contributed by atoms with Crippen molar-refractivity contribution >= 4 is 35.1 Å². The van der Waals surface area contributed by atoms with Crippen molar-refractivity contribution in [3.05, 3.63) is 40.2 Å². The molecule has 0 saturated carbocycles. The van der Waals surface area contributed by atoms with Gasteiger partial charge >= 0.3 is 11.9 Å². The SMILES string of the molecule is COC(=O)c1nnn(CC(=O)Nc2ccc(C)cc2Cl)c1C(=O)OC. The number of carbonyl (C=O) groups is 3. The topological polar surface area (TPSA) is 112 Å². The molecule has 0 saturated heterocycles. The van der Waals surface area contributed by atoms with Crippen molar-refractivity contribution in [2.24, 2.45) is 0 Å². The number of halogens is 1. The van der Waals surface area contributed by atoms with Crippen LogP contribution in [0.25, 0.3) is 0 Å². The van der Waals surface area contributed by atoms with Gasteiger partial charge in [-0.15, -0.1) is 5.10 Å². The molecule has 2 rings (SSSR count). The Morgan fingerprint density at radius 2 is 1.88 bits per heavy atom. The van der Waals surface area contributed by atoms with E-state index >= 15 is 0 Å². The first-order valence-corrected chi connectivity index (χ1v) is 7.41. The van der Waals surface area contributed by atoms with E-state index in [1.54, 1.807) is 18.2 Å². The number of amides is 1. The highest BCUT2D eigenvalue weighted by molar-refractivity contribution is 6.33. The number of benzene rings is 1. The molecule has 0 fully saturated rings. The van der Waals surface area contributed by atoms with Gasteiger partial charge in [0.25, 0.3) is 0 Å². The van der Waals surface area contributed by atoms with Crippen molar-refractivity contribution in [1.29, 1.82) is 0 Å². The van der Waals surface area contributed by atoms with Gasteiger partial charge < -0.3 is 14.8 Å². The van der Waals surface area contributed by atoms with Crippen LogP contribution in [0.1, 0.15) is 26.5 Å². The molecular weight excluding hydrogens is 352 g/mol. The van der Waals surface area contributed by atoms with Gasteiger partial charge in [0.1, 0.15) is 6.54 Å². The first-order chi connectivity index (χ1) is 11.9. The van der Waals surface area contributed by atoms with Gasteiger partial charge in [0, 0.05) is 0 Å². The number of anilines is 1.